The van der Waals surface area contributed by atoms with E-state index >= 15 is 17.6 Å². The lowest BCUT2D eigenvalue weighted by molar-refractivity contribution is -0.127. The summed E-state index contributed by atoms with van der Waals surface area (Å²) in [5.74, 6) is -5.23. The van der Waals surface area contributed by atoms with Gasteiger partial charge in [-0.15, -0.1) is 0 Å². The highest BCUT2D eigenvalue weighted by atomic mass is 19.3. The van der Waals surface area contributed by atoms with Crippen LogP contribution < -0.4 is 10.6 Å². The Labute approximate surface area is 223 Å². The van der Waals surface area contributed by atoms with E-state index in [2.05, 4.69) is 20.6 Å². The second-order valence-electron chi connectivity index (χ2n) is 10.6. The van der Waals surface area contributed by atoms with Crippen molar-refractivity contribution in [2.24, 2.45) is 0 Å². The van der Waals surface area contributed by atoms with Gasteiger partial charge < -0.3 is 24.8 Å². The number of rotatable bonds is 9. The maximum absolute atomic E-state index is 15.6. The van der Waals surface area contributed by atoms with Crippen LogP contribution in [0, 0.1) is 12.7 Å². The van der Waals surface area contributed by atoms with Gasteiger partial charge in [-0.3, -0.25) is 4.79 Å². The maximum atomic E-state index is 15.6. The Morgan fingerprint density at radius 1 is 1.15 bits per heavy atom. The molecule has 1 aromatic carbocycles. The minimum absolute atomic E-state index is 0.0432. The molecule has 3 atom stereocenters. The summed E-state index contributed by atoms with van der Waals surface area (Å²) in [5, 5.41) is 5.70. The van der Waals surface area contributed by atoms with E-state index in [-0.39, 0.29) is 54.7 Å². The molecule has 0 bridgehead atoms. The van der Waals surface area contributed by atoms with Gasteiger partial charge in [0, 0.05) is 17.7 Å². The Balaban J connectivity index is 1.48. The van der Waals surface area contributed by atoms with Crippen molar-refractivity contribution in [3.8, 4) is 0 Å². The summed E-state index contributed by atoms with van der Waals surface area (Å²) in [4.78, 5) is 21.3. The smallest absolute Gasteiger partial charge is 0.301 e. The van der Waals surface area contributed by atoms with Gasteiger partial charge in [0.05, 0.1) is 36.1 Å². The summed E-state index contributed by atoms with van der Waals surface area (Å²) in [6.07, 6.45) is -2.50. The molecule has 3 aliphatic rings. The molecule has 2 aliphatic heterocycles. The Morgan fingerprint density at radius 3 is 2.51 bits per heavy atom. The van der Waals surface area contributed by atoms with Gasteiger partial charge in [0.1, 0.15) is 23.6 Å². The zero-order chi connectivity index (χ0) is 27.9. The fourth-order valence-corrected chi connectivity index (χ4v) is 4.92. The molecular formula is C27H32F4N4O4. The van der Waals surface area contributed by atoms with Crippen LogP contribution in [-0.4, -0.2) is 47.3 Å². The predicted octanol–water partition coefficient (Wildman–Crippen LogP) is 5.09. The molecule has 2 aromatic rings. The van der Waals surface area contributed by atoms with Crippen LogP contribution in [-0.2, 0) is 24.9 Å². The van der Waals surface area contributed by atoms with Crippen LogP contribution in [0.15, 0.2) is 18.2 Å². The summed E-state index contributed by atoms with van der Waals surface area (Å²) in [6.45, 7) is 5.57. The fraction of sp³-hybridized carbons (Fsp3) is 0.593. The second kappa shape index (κ2) is 10.6. The number of carbonyl (C=O) groups is 1. The van der Waals surface area contributed by atoms with E-state index in [1.807, 2.05) is 6.92 Å². The molecule has 3 heterocycles. The lowest BCUT2D eigenvalue weighted by Gasteiger charge is -2.26. The Bertz CT molecular complexity index is 1230. The van der Waals surface area contributed by atoms with Gasteiger partial charge in [-0.2, -0.15) is 8.78 Å². The molecule has 1 aliphatic carbocycles. The first kappa shape index (κ1) is 27.7. The average molecular weight is 553 g/mol. The topological polar surface area (TPSA) is 94.6 Å². The summed E-state index contributed by atoms with van der Waals surface area (Å²) in [6, 6.07) is 2.92. The SMILES string of the molecule is Cc1nc(N[C@H](C)c2cccc(C(F)(F)[C@@H]3CCCO3)c2F)c(C2OCCO2)c(C(F)C(=O)NC2(C)CC2)n1. The Morgan fingerprint density at radius 2 is 1.87 bits per heavy atom. The minimum atomic E-state index is -3.52. The number of halogens is 4. The van der Waals surface area contributed by atoms with E-state index in [9.17, 15) is 4.79 Å². The maximum Gasteiger partial charge on any atom is 0.301 e. The van der Waals surface area contributed by atoms with Gasteiger partial charge in [0.2, 0.25) is 6.17 Å². The molecule has 8 nitrogen and oxygen atoms in total. The Kier molecular flexibility index (Phi) is 7.55. The highest BCUT2D eigenvalue weighted by molar-refractivity contribution is 5.83. The van der Waals surface area contributed by atoms with E-state index in [4.69, 9.17) is 14.2 Å². The van der Waals surface area contributed by atoms with Crippen molar-refractivity contribution < 1.29 is 36.6 Å². The number of ether oxygens (including phenoxy) is 3. The zero-order valence-electron chi connectivity index (χ0n) is 22.0. The number of aromatic nitrogens is 2. The molecule has 12 heteroatoms. The highest BCUT2D eigenvalue weighted by Gasteiger charge is 2.46. The van der Waals surface area contributed by atoms with Crippen molar-refractivity contribution >= 4 is 11.7 Å². The number of amides is 1. The molecule has 0 spiro atoms. The summed E-state index contributed by atoms with van der Waals surface area (Å²) >= 11 is 0. The first-order valence-electron chi connectivity index (χ1n) is 13.1. The number of nitrogens with one attached hydrogen (secondary N) is 2. The van der Waals surface area contributed by atoms with Gasteiger partial charge in [-0.25, -0.2) is 18.7 Å². The number of benzene rings is 1. The minimum Gasteiger partial charge on any atom is -0.372 e. The molecule has 1 saturated carbocycles. The van der Waals surface area contributed by atoms with Gasteiger partial charge in [-0.05, 0) is 52.5 Å². The second-order valence-corrected chi connectivity index (χ2v) is 10.6. The van der Waals surface area contributed by atoms with Crippen LogP contribution in [0.5, 0.6) is 0 Å². The number of nitrogens with zero attached hydrogens (tertiary/aromatic N) is 2. The van der Waals surface area contributed by atoms with Gasteiger partial charge >= 0.3 is 5.92 Å². The largest absolute Gasteiger partial charge is 0.372 e. The molecule has 3 fully saturated rings. The molecule has 1 unspecified atom stereocenters. The van der Waals surface area contributed by atoms with Gasteiger partial charge in [0.15, 0.2) is 6.29 Å². The van der Waals surface area contributed by atoms with Crippen molar-refractivity contribution in [2.45, 2.75) is 82.5 Å². The highest BCUT2D eigenvalue weighted by Crippen LogP contribution is 2.42. The lowest BCUT2D eigenvalue weighted by atomic mass is 9.96. The number of alkyl halides is 3. The fourth-order valence-electron chi connectivity index (χ4n) is 4.92. The van der Waals surface area contributed by atoms with Crippen LogP contribution in [0.4, 0.5) is 23.4 Å². The number of aryl methyl sites for hydroxylation is 1. The van der Waals surface area contributed by atoms with Crippen LogP contribution in [0.3, 0.4) is 0 Å². The van der Waals surface area contributed by atoms with Crippen molar-refractivity contribution in [1.29, 1.82) is 0 Å². The van der Waals surface area contributed by atoms with Crippen molar-refractivity contribution in [2.75, 3.05) is 25.1 Å². The third-order valence-corrected chi connectivity index (χ3v) is 7.38. The number of hydrogen-bond acceptors (Lipinski definition) is 7. The average Bonchev–Trinajstić information content (AvgIpc) is 3.30. The molecule has 2 N–H and O–H groups in total. The molecule has 0 radical (unpaired) electrons. The normalized spacial score (nSPS) is 22.5. The summed E-state index contributed by atoms with van der Waals surface area (Å²) < 4.78 is 77.8. The quantitative estimate of drug-likeness (QED) is 0.419. The Hall–Kier alpha value is -2.83. The van der Waals surface area contributed by atoms with Crippen molar-refractivity contribution in [3.63, 3.8) is 0 Å². The molecule has 2 saturated heterocycles. The summed E-state index contributed by atoms with van der Waals surface area (Å²) in [7, 11) is 0. The van der Waals surface area contributed by atoms with Crippen LogP contribution in [0.2, 0.25) is 0 Å². The van der Waals surface area contributed by atoms with E-state index in [1.165, 1.54) is 19.1 Å². The number of carbonyl (C=O) groups excluding carboxylic acids is 1. The van der Waals surface area contributed by atoms with Crippen LogP contribution in [0.25, 0.3) is 0 Å². The van der Waals surface area contributed by atoms with E-state index < -0.39 is 53.4 Å². The van der Waals surface area contributed by atoms with E-state index in [1.54, 1.807) is 6.92 Å². The van der Waals surface area contributed by atoms with E-state index in [0.717, 1.165) is 18.9 Å². The zero-order valence-corrected chi connectivity index (χ0v) is 22.0. The molecular weight excluding hydrogens is 520 g/mol. The number of hydrogen-bond donors (Lipinski definition) is 2. The monoisotopic (exact) mass is 552 g/mol. The van der Waals surface area contributed by atoms with Crippen molar-refractivity contribution in [3.05, 3.63) is 52.2 Å². The third-order valence-electron chi connectivity index (χ3n) is 7.38. The van der Waals surface area contributed by atoms with Crippen LogP contribution in [0.1, 0.15) is 86.2 Å². The first-order chi connectivity index (χ1) is 18.5. The molecule has 39 heavy (non-hydrogen) atoms. The molecule has 1 aromatic heterocycles. The van der Waals surface area contributed by atoms with Crippen molar-refractivity contribution in [1.82, 2.24) is 15.3 Å². The lowest BCUT2D eigenvalue weighted by Crippen LogP contribution is -2.37. The summed E-state index contributed by atoms with van der Waals surface area (Å²) in [5.41, 5.74) is -1.41. The number of anilines is 1. The molecule has 212 valence electrons. The van der Waals surface area contributed by atoms with Gasteiger partial charge in [-0.1, -0.05) is 12.1 Å². The van der Waals surface area contributed by atoms with Crippen LogP contribution >= 0.6 is 0 Å². The standard InChI is InChI=1S/C27H32F4N4O4/c1-14(16-6-4-7-17(20(16)28)27(30,31)18-8-5-11-37-18)32-23-19(25-38-12-13-39-25)22(33-15(2)34-23)21(29)24(36)35-26(3)9-10-26/h4,6-7,14,18,21,25H,5,8-13H2,1-3H3,(H,35,36)(H,32,33,34)/t14-,18+,21?/m1/s1. The van der Waals surface area contributed by atoms with Gasteiger partial charge in [0.25, 0.3) is 5.91 Å². The molecule has 1 amide bonds. The first-order valence-corrected chi connectivity index (χ1v) is 13.1. The van der Waals surface area contributed by atoms with E-state index in [0.29, 0.717) is 6.42 Å². The molecule has 5 rings (SSSR count). The predicted molar refractivity (Wildman–Crippen MR) is 132 cm³/mol. The third kappa shape index (κ3) is 5.59.